The molecule has 0 bridgehead atoms. The molecule has 0 spiro atoms. The second-order valence-corrected chi connectivity index (χ2v) is 4.44. The zero-order valence-corrected chi connectivity index (χ0v) is 9.94. The van der Waals surface area contributed by atoms with Gasteiger partial charge in [-0.2, -0.15) is 0 Å². The van der Waals surface area contributed by atoms with Crippen LogP contribution in [-0.2, 0) is 4.79 Å². The molecule has 0 saturated carbocycles. The van der Waals surface area contributed by atoms with Crippen molar-refractivity contribution in [2.24, 2.45) is 11.1 Å². The number of rotatable bonds is 8. The molecule has 2 N–H and O–H groups in total. The largest absolute Gasteiger partial charge is 0.369 e. The van der Waals surface area contributed by atoms with Crippen LogP contribution in [0.25, 0.3) is 0 Å². The summed E-state index contributed by atoms with van der Waals surface area (Å²) >= 11 is 0. The molecule has 2 heteroatoms. The highest BCUT2D eigenvalue weighted by Gasteiger charge is 2.27. The molecule has 0 aliphatic rings. The fraction of sp³-hybridized carbons (Fsp3) is 0.917. The van der Waals surface area contributed by atoms with Crippen molar-refractivity contribution in [2.45, 2.75) is 65.7 Å². The van der Waals surface area contributed by atoms with Crippen LogP contribution in [-0.4, -0.2) is 5.91 Å². The van der Waals surface area contributed by atoms with Gasteiger partial charge >= 0.3 is 0 Å². The topological polar surface area (TPSA) is 43.1 Å². The molecule has 1 atom stereocenters. The van der Waals surface area contributed by atoms with Crippen molar-refractivity contribution in [3.05, 3.63) is 0 Å². The Hall–Kier alpha value is -0.530. The van der Waals surface area contributed by atoms with Crippen LogP contribution in [0.5, 0.6) is 0 Å². The van der Waals surface area contributed by atoms with E-state index in [0.29, 0.717) is 0 Å². The van der Waals surface area contributed by atoms with Gasteiger partial charge in [-0.1, -0.05) is 52.9 Å². The van der Waals surface area contributed by atoms with E-state index in [1.807, 2.05) is 13.8 Å². The van der Waals surface area contributed by atoms with E-state index in [0.717, 1.165) is 19.3 Å². The quantitative estimate of drug-likeness (QED) is 0.599. The molecule has 0 aliphatic heterocycles. The van der Waals surface area contributed by atoms with Gasteiger partial charge in [0.2, 0.25) is 5.91 Å². The minimum atomic E-state index is -0.272. The van der Waals surface area contributed by atoms with Gasteiger partial charge < -0.3 is 5.73 Å². The fourth-order valence-corrected chi connectivity index (χ4v) is 1.59. The molecule has 0 aliphatic carbocycles. The minimum absolute atomic E-state index is 0.143. The Kier molecular flexibility index (Phi) is 6.60. The van der Waals surface area contributed by atoms with Gasteiger partial charge in [0.15, 0.2) is 0 Å². The first kappa shape index (κ1) is 13.5. The summed E-state index contributed by atoms with van der Waals surface area (Å²) in [5, 5.41) is 0. The Morgan fingerprint density at radius 2 is 1.71 bits per heavy atom. The molecule has 0 rings (SSSR count). The number of carbonyl (C=O) groups is 1. The molecule has 0 radical (unpaired) electrons. The van der Waals surface area contributed by atoms with Crippen molar-refractivity contribution in [2.75, 3.05) is 0 Å². The molecule has 0 aromatic rings. The standard InChI is InChI=1S/C12H25NO/c1-4-6-7-8-9-10-12(3,5-2)11(13)14/h4-10H2,1-3H3,(H2,13,14). The van der Waals surface area contributed by atoms with Crippen molar-refractivity contribution in [1.29, 1.82) is 0 Å². The summed E-state index contributed by atoms with van der Waals surface area (Å²) in [4.78, 5) is 11.2. The van der Waals surface area contributed by atoms with Crippen LogP contribution < -0.4 is 5.73 Å². The summed E-state index contributed by atoms with van der Waals surface area (Å²) in [6.45, 7) is 6.23. The van der Waals surface area contributed by atoms with Crippen molar-refractivity contribution in [3.63, 3.8) is 0 Å². The molecule has 2 nitrogen and oxygen atoms in total. The van der Waals surface area contributed by atoms with Crippen molar-refractivity contribution in [1.82, 2.24) is 0 Å². The van der Waals surface area contributed by atoms with Crippen LogP contribution in [0, 0.1) is 5.41 Å². The molecule has 0 fully saturated rings. The van der Waals surface area contributed by atoms with E-state index in [2.05, 4.69) is 6.92 Å². The Bertz CT molecular complexity index is 168. The normalized spacial score (nSPS) is 15.1. The monoisotopic (exact) mass is 199 g/mol. The molecular weight excluding hydrogens is 174 g/mol. The summed E-state index contributed by atoms with van der Waals surface area (Å²) in [5.41, 5.74) is 5.11. The second-order valence-electron chi connectivity index (χ2n) is 4.44. The van der Waals surface area contributed by atoms with Crippen LogP contribution >= 0.6 is 0 Å². The van der Waals surface area contributed by atoms with E-state index in [1.54, 1.807) is 0 Å². The minimum Gasteiger partial charge on any atom is -0.369 e. The Balaban J connectivity index is 3.68. The Morgan fingerprint density at radius 1 is 1.14 bits per heavy atom. The number of amides is 1. The Morgan fingerprint density at radius 3 is 2.14 bits per heavy atom. The van der Waals surface area contributed by atoms with Gasteiger partial charge in [-0.25, -0.2) is 0 Å². The zero-order valence-electron chi connectivity index (χ0n) is 9.94. The molecule has 0 aromatic carbocycles. The fourth-order valence-electron chi connectivity index (χ4n) is 1.59. The SMILES string of the molecule is CCCCCCCC(C)(CC)C(N)=O. The van der Waals surface area contributed by atoms with Crippen LogP contribution in [0.15, 0.2) is 0 Å². The van der Waals surface area contributed by atoms with Crippen molar-refractivity contribution < 1.29 is 4.79 Å². The van der Waals surface area contributed by atoms with Gasteiger partial charge in [0.25, 0.3) is 0 Å². The molecule has 1 unspecified atom stereocenters. The molecule has 0 saturated heterocycles. The number of unbranched alkanes of at least 4 members (excludes halogenated alkanes) is 4. The van der Waals surface area contributed by atoms with E-state index < -0.39 is 0 Å². The number of hydrogen-bond acceptors (Lipinski definition) is 1. The smallest absolute Gasteiger partial charge is 0.223 e. The maximum atomic E-state index is 11.2. The average Bonchev–Trinajstić information content (AvgIpc) is 2.17. The summed E-state index contributed by atoms with van der Waals surface area (Å²) < 4.78 is 0. The maximum Gasteiger partial charge on any atom is 0.223 e. The zero-order chi connectivity index (χ0) is 11.0. The summed E-state index contributed by atoms with van der Waals surface area (Å²) in [6, 6.07) is 0. The number of primary amides is 1. The lowest BCUT2D eigenvalue weighted by atomic mass is 9.81. The second kappa shape index (κ2) is 6.86. The van der Waals surface area contributed by atoms with E-state index in [1.165, 1.54) is 25.7 Å². The van der Waals surface area contributed by atoms with Crippen LogP contribution in [0.3, 0.4) is 0 Å². The molecule has 0 aromatic heterocycles. The predicted octanol–water partition coefficient (Wildman–Crippen LogP) is 3.25. The van der Waals surface area contributed by atoms with Gasteiger partial charge in [0, 0.05) is 5.41 Å². The van der Waals surface area contributed by atoms with Crippen LogP contribution in [0.4, 0.5) is 0 Å². The van der Waals surface area contributed by atoms with Gasteiger partial charge in [-0.3, -0.25) is 4.79 Å². The highest BCUT2D eigenvalue weighted by atomic mass is 16.1. The third-order valence-electron chi connectivity index (χ3n) is 3.21. The number of nitrogens with two attached hydrogens (primary N) is 1. The van der Waals surface area contributed by atoms with Crippen LogP contribution in [0.2, 0.25) is 0 Å². The van der Waals surface area contributed by atoms with E-state index in [-0.39, 0.29) is 11.3 Å². The molecule has 84 valence electrons. The predicted molar refractivity (Wildman–Crippen MR) is 61.0 cm³/mol. The average molecular weight is 199 g/mol. The van der Waals surface area contributed by atoms with E-state index in [4.69, 9.17) is 5.73 Å². The lowest BCUT2D eigenvalue weighted by Gasteiger charge is -2.23. The van der Waals surface area contributed by atoms with Crippen molar-refractivity contribution in [3.8, 4) is 0 Å². The van der Waals surface area contributed by atoms with Crippen LogP contribution in [0.1, 0.15) is 65.7 Å². The van der Waals surface area contributed by atoms with E-state index in [9.17, 15) is 4.79 Å². The van der Waals surface area contributed by atoms with Gasteiger partial charge in [-0.15, -0.1) is 0 Å². The number of carbonyl (C=O) groups excluding carboxylic acids is 1. The summed E-state index contributed by atoms with van der Waals surface area (Å²) in [5.74, 6) is -0.143. The molecule has 0 heterocycles. The lowest BCUT2D eigenvalue weighted by molar-refractivity contribution is -0.127. The molecular formula is C12H25NO. The summed E-state index contributed by atoms with van der Waals surface area (Å²) in [7, 11) is 0. The van der Waals surface area contributed by atoms with Gasteiger partial charge in [-0.05, 0) is 12.8 Å². The lowest BCUT2D eigenvalue weighted by Crippen LogP contribution is -2.33. The van der Waals surface area contributed by atoms with Crippen molar-refractivity contribution >= 4 is 5.91 Å². The number of hydrogen-bond donors (Lipinski definition) is 1. The highest BCUT2D eigenvalue weighted by molar-refractivity contribution is 5.80. The highest BCUT2D eigenvalue weighted by Crippen LogP contribution is 2.27. The van der Waals surface area contributed by atoms with Gasteiger partial charge in [0.1, 0.15) is 0 Å². The first-order valence-corrected chi connectivity index (χ1v) is 5.86. The maximum absolute atomic E-state index is 11.2. The van der Waals surface area contributed by atoms with E-state index >= 15 is 0 Å². The Labute approximate surface area is 88.3 Å². The van der Waals surface area contributed by atoms with Gasteiger partial charge in [0.05, 0.1) is 0 Å². The molecule has 1 amide bonds. The third kappa shape index (κ3) is 4.64. The third-order valence-corrected chi connectivity index (χ3v) is 3.21. The summed E-state index contributed by atoms with van der Waals surface area (Å²) in [6.07, 6.45) is 8.03. The first-order valence-electron chi connectivity index (χ1n) is 5.86. The first-order chi connectivity index (χ1) is 6.56. The molecule has 14 heavy (non-hydrogen) atoms.